The van der Waals surface area contributed by atoms with Gasteiger partial charge in [-0.05, 0) is 32.6 Å². The van der Waals surface area contributed by atoms with Crippen LogP contribution in [-0.4, -0.2) is 70.0 Å². The van der Waals surface area contributed by atoms with Gasteiger partial charge in [0.2, 0.25) is 17.7 Å². The van der Waals surface area contributed by atoms with Crippen LogP contribution in [0.15, 0.2) is 0 Å². The number of likely N-dealkylation sites (tertiary alicyclic amines) is 1. The highest BCUT2D eigenvalue weighted by Gasteiger charge is 2.76. The molecule has 27 heavy (non-hydrogen) atoms. The van der Waals surface area contributed by atoms with Crippen molar-refractivity contribution in [3.05, 3.63) is 0 Å². The maximum Gasteiger partial charge on any atom is 0.244 e. The SMILES string of the molecule is CCCCNC(=O)C1N(CCCO)C(=O)[C@@H]2[C@@H](C(=O)NC)[C@@]3(C)CCC12S3. The maximum absolute atomic E-state index is 13.4. The highest BCUT2D eigenvalue weighted by molar-refractivity contribution is 8.02. The molecule has 3 amide bonds. The molecule has 3 rings (SSSR count). The van der Waals surface area contributed by atoms with Gasteiger partial charge in [-0.25, -0.2) is 0 Å². The molecule has 2 bridgehead atoms. The number of thioether (sulfide) groups is 1. The van der Waals surface area contributed by atoms with Crippen molar-refractivity contribution in [2.75, 3.05) is 26.7 Å². The van der Waals surface area contributed by atoms with Crippen LogP contribution < -0.4 is 10.6 Å². The van der Waals surface area contributed by atoms with E-state index < -0.39 is 22.6 Å². The minimum Gasteiger partial charge on any atom is -0.396 e. The lowest BCUT2D eigenvalue weighted by molar-refractivity contribution is -0.140. The Bertz CT molecular complexity index is 630. The van der Waals surface area contributed by atoms with E-state index >= 15 is 0 Å². The van der Waals surface area contributed by atoms with Crippen molar-refractivity contribution in [1.82, 2.24) is 15.5 Å². The average molecular weight is 398 g/mol. The zero-order chi connectivity index (χ0) is 19.8. The fourth-order valence-electron chi connectivity index (χ4n) is 5.25. The monoisotopic (exact) mass is 397 g/mol. The largest absolute Gasteiger partial charge is 0.396 e. The van der Waals surface area contributed by atoms with E-state index in [9.17, 15) is 19.5 Å². The van der Waals surface area contributed by atoms with Crippen LogP contribution in [0.3, 0.4) is 0 Å². The Morgan fingerprint density at radius 3 is 2.67 bits per heavy atom. The summed E-state index contributed by atoms with van der Waals surface area (Å²) in [6.45, 7) is 5.03. The van der Waals surface area contributed by atoms with Crippen molar-refractivity contribution in [3.8, 4) is 0 Å². The van der Waals surface area contributed by atoms with Crippen LogP contribution >= 0.6 is 11.8 Å². The van der Waals surface area contributed by atoms with Gasteiger partial charge in [-0.15, -0.1) is 11.8 Å². The van der Waals surface area contributed by atoms with Gasteiger partial charge in [0.05, 0.1) is 16.6 Å². The van der Waals surface area contributed by atoms with Crippen LogP contribution in [0.1, 0.15) is 46.0 Å². The molecule has 3 N–H and O–H groups in total. The summed E-state index contributed by atoms with van der Waals surface area (Å²) in [6, 6.07) is -0.570. The average Bonchev–Trinajstić information content (AvgIpc) is 3.20. The maximum atomic E-state index is 13.4. The molecule has 8 heteroatoms. The molecule has 3 saturated heterocycles. The number of fused-ring (bicyclic) bond motifs is 1. The van der Waals surface area contributed by atoms with E-state index in [2.05, 4.69) is 24.5 Å². The van der Waals surface area contributed by atoms with Gasteiger partial charge in [0, 0.05) is 31.5 Å². The van der Waals surface area contributed by atoms with Gasteiger partial charge in [-0.1, -0.05) is 13.3 Å². The van der Waals surface area contributed by atoms with Crippen LogP contribution in [0, 0.1) is 11.8 Å². The summed E-state index contributed by atoms with van der Waals surface area (Å²) in [4.78, 5) is 40.8. The number of carbonyl (C=O) groups is 3. The highest BCUT2D eigenvalue weighted by atomic mass is 32.2. The van der Waals surface area contributed by atoms with Crippen LogP contribution in [0.4, 0.5) is 0 Å². The minimum atomic E-state index is -0.570. The number of rotatable bonds is 8. The Labute approximate surface area is 165 Å². The molecule has 7 nitrogen and oxygen atoms in total. The quantitative estimate of drug-likeness (QED) is 0.519. The fourth-order valence-corrected chi connectivity index (χ4v) is 7.61. The van der Waals surface area contributed by atoms with Crippen LogP contribution in [0.5, 0.6) is 0 Å². The second-order valence-corrected chi connectivity index (χ2v) is 9.99. The number of aliphatic hydroxyl groups is 1. The molecule has 3 fully saturated rings. The summed E-state index contributed by atoms with van der Waals surface area (Å²) in [5, 5.41) is 15.0. The lowest BCUT2D eigenvalue weighted by atomic mass is 9.66. The molecule has 5 atom stereocenters. The van der Waals surface area contributed by atoms with Gasteiger partial charge in [0.1, 0.15) is 6.04 Å². The van der Waals surface area contributed by atoms with Crippen LogP contribution in [-0.2, 0) is 14.4 Å². The molecule has 0 aliphatic carbocycles. The standard InChI is InChI=1S/C19H31N3O4S/c1-4-5-9-21-16(25)14-19-8-7-18(2,27-19)12(15(24)20-3)13(19)17(26)22(14)10-6-11-23/h12-14,23H,4-11H2,1-3H3,(H,20,24)(H,21,25)/t12-,13-,14?,18+,19?/m0/s1. The molecule has 2 unspecified atom stereocenters. The molecule has 3 aliphatic heterocycles. The predicted octanol–water partition coefficient (Wildman–Crippen LogP) is 0.512. The van der Waals surface area contributed by atoms with E-state index in [-0.39, 0.29) is 29.1 Å². The van der Waals surface area contributed by atoms with E-state index in [1.54, 1.807) is 23.7 Å². The second kappa shape index (κ2) is 7.62. The van der Waals surface area contributed by atoms with E-state index in [0.717, 1.165) is 25.7 Å². The lowest BCUT2D eigenvalue weighted by Crippen LogP contribution is -2.54. The summed E-state index contributed by atoms with van der Waals surface area (Å²) < 4.78 is -0.861. The molecule has 0 aromatic heterocycles. The summed E-state index contributed by atoms with van der Waals surface area (Å²) in [7, 11) is 1.60. The molecule has 0 saturated carbocycles. The third kappa shape index (κ3) is 3.05. The van der Waals surface area contributed by atoms with E-state index in [0.29, 0.717) is 19.5 Å². The number of nitrogens with zero attached hydrogens (tertiary/aromatic N) is 1. The Balaban J connectivity index is 1.96. The molecule has 152 valence electrons. The predicted molar refractivity (Wildman–Crippen MR) is 104 cm³/mol. The first-order chi connectivity index (χ1) is 12.9. The Hall–Kier alpha value is -1.28. The number of unbranched alkanes of at least 4 members (excludes halogenated alkanes) is 1. The third-order valence-corrected chi connectivity index (χ3v) is 8.43. The molecule has 1 spiro atoms. The molecule has 0 radical (unpaired) electrons. The number of amides is 3. The first-order valence-electron chi connectivity index (χ1n) is 9.97. The number of hydrogen-bond donors (Lipinski definition) is 3. The summed E-state index contributed by atoms with van der Waals surface area (Å²) >= 11 is 1.67. The molecule has 3 aliphatic rings. The molecule has 0 aromatic rings. The molecule has 0 aromatic carbocycles. The van der Waals surface area contributed by atoms with Gasteiger partial charge in [-0.3, -0.25) is 14.4 Å². The van der Waals surface area contributed by atoms with Crippen molar-refractivity contribution in [2.45, 2.75) is 61.5 Å². The van der Waals surface area contributed by atoms with Gasteiger partial charge >= 0.3 is 0 Å². The third-order valence-electron chi connectivity index (χ3n) is 6.44. The van der Waals surface area contributed by atoms with Gasteiger partial charge < -0.3 is 20.6 Å². The van der Waals surface area contributed by atoms with Crippen LogP contribution in [0.2, 0.25) is 0 Å². The first kappa shape index (κ1) is 20.5. The van der Waals surface area contributed by atoms with Crippen molar-refractivity contribution in [2.24, 2.45) is 11.8 Å². The second-order valence-electron chi connectivity index (χ2n) is 8.10. The minimum absolute atomic E-state index is 0.0324. The number of carbonyl (C=O) groups excluding carboxylic acids is 3. The summed E-state index contributed by atoms with van der Waals surface area (Å²) in [5.41, 5.74) is 0. The topological polar surface area (TPSA) is 98.7 Å². The Kier molecular flexibility index (Phi) is 5.77. The van der Waals surface area contributed by atoms with Crippen molar-refractivity contribution in [3.63, 3.8) is 0 Å². The first-order valence-corrected chi connectivity index (χ1v) is 10.8. The van der Waals surface area contributed by atoms with E-state index in [1.807, 2.05) is 0 Å². The number of hydrogen-bond acceptors (Lipinski definition) is 5. The number of aliphatic hydroxyl groups excluding tert-OH is 1. The van der Waals surface area contributed by atoms with Gasteiger partial charge in [-0.2, -0.15) is 0 Å². The van der Waals surface area contributed by atoms with E-state index in [4.69, 9.17) is 0 Å². The van der Waals surface area contributed by atoms with Crippen molar-refractivity contribution in [1.29, 1.82) is 0 Å². The Morgan fingerprint density at radius 1 is 1.30 bits per heavy atom. The van der Waals surface area contributed by atoms with Crippen LogP contribution in [0.25, 0.3) is 0 Å². The zero-order valence-corrected chi connectivity index (χ0v) is 17.2. The van der Waals surface area contributed by atoms with Gasteiger partial charge in [0.25, 0.3) is 0 Å². The molecule has 3 heterocycles. The fraction of sp³-hybridized carbons (Fsp3) is 0.842. The number of nitrogens with one attached hydrogen (secondary N) is 2. The lowest BCUT2D eigenvalue weighted by Gasteiger charge is -2.34. The summed E-state index contributed by atoms with van der Waals surface area (Å²) in [6.07, 6.45) is 3.90. The Morgan fingerprint density at radius 2 is 2.04 bits per heavy atom. The molecular formula is C19H31N3O4S. The van der Waals surface area contributed by atoms with E-state index in [1.165, 1.54) is 0 Å². The zero-order valence-electron chi connectivity index (χ0n) is 16.4. The smallest absolute Gasteiger partial charge is 0.244 e. The summed E-state index contributed by atoms with van der Waals surface area (Å²) in [5.74, 6) is -1.23. The normalized spacial score (nSPS) is 36.8. The van der Waals surface area contributed by atoms with Crippen molar-refractivity contribution < 1.29 is 19.5 Å². The van der Waals surface area contributed by atoms with Crippen molar-refractivity contribution >= 4 is 29.5 Å². The molecular weight excluding hydrogens is 366 g/mol. The van der Waals surface area contributed by atoms with Gasteiger partial charge in [0.15, 0.2) is 0 Å². The highest BCUT2D eigenvalue weighted by Crippen LogP contribution is 2.71.